The van der Waals surface area contributed by atoms with E-state index in [0.29, 0.717) is 0 Å². The van der Waals surface area contributed by atoms with Gasteiger partial charge < -0.3 is 5.32 Å². The third-order valence-corrected chi connectivity index (χ3v) is 2.55. The van der Waals surface area contributed by atoms with Crippen molar-refractivity contribution in [2.75, 3.05) is 5.32 Å². The number of aromatic nitrogens is 2. The number of hydrogen-bond acceptors (Lipinski definition) is 3. The predicted octanol–water partition coefficient (Wildman–Crippen LogP) is 3.44. The van der Waals surface area contributed by atoms with Crippen molar-refractivity contribution in [3.63, 3.8) is 0 Å². The molecule has 1 unspecified atom stereocenters. The van der Waals surface area contributed by atoms with E-state index >= 15 is 0 Å². The van der Waals surface area contributed by atoms with Crippen molar-refractivity contribution in [1.82, 2.24) is 9.97 Å². The molecule has 0 fully saturated rings. The summed E-state index contributed by atoms with van der Waals surface area (Å²) in [5, 5.41) is 3.25. The third-order valence-electron chi connectivity index (χ3n) is 2.35. The minimum atomic E-state index is -0.465. The molecule has 0 bridgehead atoms. The summed E-state index contributed by atoms with van der Waals surface area (Å²) in [7, 11) is 0. The minimum Gasteiger partial charge on any atom is -0.361 e. The zero-order valence-corrected chi connectivity index (χ0v) is 9.95. The molecule has 0 aliphatic rings. The molecule has 2 aromatic rings. The van der Waals surface area contributed by atoms with Crippen molar-refractivity contribution in [2.45, 2.75) is 13.0 Å². The van der Waals surface area contributed by atoms with Crippen molar-refractivity contribution in [1.29, 1.82) is 0 Å². The van der Waals surface area contributed by atoms with E-state index in [1.807, 2.05) is 19.1 Å². The molecule has 2 aromatic heterocycles. The van der Waals surface area contributed by atoms with Crippen molar-refractivity contribution in [3.05, 3.63) is 53.2 Å². The van der Waals surface area contributed by atoms with Gasteiger partial charge in [0.15, 0.2) is 11.6 Å². The number of nitrogens with zero attached hydrogens (tertiary/aromatic N) is 2. The van der Waals surface area contributed by atoms with E-state index in [1.54, 1.807) is 12.4 Å². The fourth-order valence-electron chi connectivity index (χ4n) is 1.44. The van der Waals surface area contributed by atoms with Gasteiger partial charge >= 0.3 is 0 Å². The molecule has 5 heteroatoms. The van der Waals surface area contributed by atoms with E-state index in [4.69, 9.17) is 11.6 Å². The lowest BCUT2D eigenvalue weighted by molar-refractivity contribution is 0.621. The summed E-state index contributed by atoms with van der Waals surface area (Å²) in [4.78, 5) is 7.91. The Morgan fingerprint density at radius 1 is 1.41 bits per heavy atom. The van der Waals surface area contributed by atoms with Gasteiger partial charge in [-0.15, -0.1) is 0 Å². The van der Waals surface area contributed by atoms with E-state index in [1.165, 1.54) is 12.3 Å². The van der Waals surface area contributed by atoms with Crippen molar-refractivity contribution < 1.29 is 4.39 Å². The largest absolute Gasteiger partial charge is 0.361 e. The lowest BCUT2D eigenvalue weighted by atomic mass is 10.1. The van der Waals surface area contributed by atoms with Crippen LogP contribution < -0.4 is 5.32 Å². The van der Waals surface area contributed by atoms with E-state index in [9.17, 15) is 4.39 Å². The first kappa shape index (κ1) is 11.8. The molecule has 0 spiro atoms. The summed E-state index contributed by atoms with van der Waals surface area (Å²) in [6.45, 7) is 1.91. The van der Waals surface area contributed by atoms with E-state index in [0.717, 1.165) is 5.56 Å². The fourth-order valence-corrected chi connectivity index (χ4v) is 1.59. The van der Waals surface area contributed by atoms with Crippen LogP contribution >= 0.6 is 11.6 Å². The first-order valence-corrected chi connectivity index (χ1v) is 5.52. The molecule has 2 heterocycles. The summed E-state index contributed by atoms with van der Waals surface area (Å²) < 4.78 is 13.5. The highest BCUT2D eigenvalue weighted by molar-refractivity contribution is 6.30. The summed E-state index contributed by atoms with van der Waals surface area (Å²) in [6.07, 6.45) is 4.83. The van der Waals surface area contributed by atoms with Gasteiger partial charge in [0.25, 0.3) is 0 Å². The molecule has 17 heavy (non-hydrogen) atoms. The van der Waals surface area contributed by atoms with Gasteiger partial charge in [0.2, 0.25) is 0 Å². The second-order valence-electron chi connectivity index (χ2n) is 3.64. The van der Waals surface area contributed by atoms with Crippen LogP contribution in [-0.4, -0.2) is 9.97 Å². The topological polar surface area (TPSA) is 37.8 Å². The molecule has 0 amide bonds. The van der Waals surface area contributed by atoms with Gasteiger partial charge in [0.05, 0.1) is 11.1 Å². The van der Waals surface area contributed by atoms with Gasteiger partial charge in [-0.1, -0.05) is 17.7 Å². The van der Waals surface area contributed by atoms with Crippen LogP contribution in [0.4, 0.5) is 10.2 Å². The molecule has 3 nitrogen and oxygen atoms in total. The standard InChI is InChI=1S/C12H11ClFN3/c1-8(9-3-2-4-15-6-9)17-12-11(14)5-10(13)7-16-12/h2-8H,1H3,(H,16,17). The number of rotatable bonds is 3. The minimum absolute atomic E-state index is 0.0770. The molecule has 0 aromatic carbocycles. The number of hydrogen-bond donors (Lipinski definition) is 1. The van der Waals surface area contributed by atoms with Crippen LogP contribution in [0.3, 0.4) is 0 Å². The number of nitrogens with one attached hydrogen (secondary N) is 1. The summed E-state index contributed by atoms with van der Waals surface area (Å²) >= 11 is 5.63. The SMILES string of the molecule is CC(Nc1ncc(Cl)cc1F)c1cccnc1. The van der Waals surface area contributed by atoms with Crippen LogP contribution in [0.1, 0.15) is 18.5 Å². The van der Waals surface area contributed by atoms with Crippen LogP contribution in [0.25, 0.3) is 0 Å². The molecular formula is C12H11ClFN3. The van der Waals surface area contributed by atoms with E-state index in [-0.39, 0.29) is 16.9 Å². The number of halogens is 2. The van der Waals surface area contributed by atoms with E-state index < -0.39 is 5.82 Å². The highest BCUT2D eigenvalue weighted by Gasteiger charge is 2.09. The zero-order valence-electron chi connectivity index (χ0n) is 9.19. The first-order chi connectivity index (χ1) is 8.16. The smallest absolute Gasteiger partial charge is 0.166 e. The highest BCUT2D eigenvalue weighted by atomic mass is 35.5. The average Bonchev–Trinajstić information content (AvgIpc) is 2.34. The molecular weight excluding hydrogens is 241 g/mol. The van der Waals surface area contributed by atoms with Gasteiger partial charge in [0, 0.05) is 18.6 Å². The lowest BCUT2D eigenvalue weighted by Crippen LogP contribution is -2.09. The normalized spacial score (nSPS) is 12.2. The molecule has 1 atom stereocenters. The molecule has 2 rings (SSSR count). The average molecular weight is 252 g/mol. The number of pyridine rings is 2. The quantitative estimate of drug-likeness (QED) is 0.908. The third kappa shape index (κ3) is 2.91. The van der Waals surface area contributed by atoms with Crippen LogP contribution in [0.5, 0.6) is 0 Å². The molecule has 88 valence electrons. The summed E-state index contributed by atoms with van der Waals surface area (Å²) in [6, 6.07) is 4.90. The molecule has 0 aliphatic carbocycles. The van der Waals surface area contributed by atoms with Crippen molar-refractivity contribution in [2.24, 2.45) is 0 Å². The number of anilines is 1. The summed E-state index contributed by atoms with van der Waals surface area (Å²) in [5.41, 5.74) is 0.962. The Hall–Kier alpha value is -1.68. The lowest BCUT2D eigenvalue weighted by Gasteiger charge is -2.14. The van der Waals surface area contributed by atoms with Gasteiger partial charge in [-0.3, -0.25) is 4.98 Å². The van der Waals surface area contributed by atoms with Crippen LogP contribution in [0, 0.1) is 5.82 Å². The monoisotopic (exact) mass is 251 g/mol. The zero-order chi connectivity index (χ0) is 12.3. The Morgan fingerprint density at radius 2 is 2.24 bits per heavy atom. The van der Waals surface area contributed by atoms with Gasteiger partial charge in [-0.05, 0) is 24.6 Å². The highest BCUT2D eigenvalue weighted by Crippen LogP contribution is 2.21. The fraction of sp³-hybridized carbons (Fsp3) is 0.167. The Bertz CT molecular complexity index is 504. The predicted molar refractivity (Wildman–Crippen MR) is 65.5 cm³/mol. The van der Waals surface area contributed by atoms with Gasteiger partial charge in [0.1, 0.15) is 0 Å². The van der Waals surface area contributed by atoms with Gasteiger partial charge in [-0.2, -0.15) is 0 Å². The molecule has 0 radical (unpaired) electrons. The Balaban J connectivity index is 2.16. The second kappa shape index (κ2) is 5.10. The summed E-state index contributed by atoms with van der Waals surface area (Å²) in [5.74, 6) is -0.279. The molecule has 0 aliphatic heterocycles. The van der Waals surface area contributed by atoms with Crippen LogP contribution in [0.15, 0.2) is 36.8 Å². The van der Waals surface area contributed by atoms with Crippen LogP contribution in [-0.2, 0) is 0 Å². The maximum absolute atomic E-state index is 13.5. The van der Waals surface area contributed by atoms with Gasteiger partial charge in [-0.25, -0.2) is 9.37 Å². The van der Waals surface area contributed by atoms with Crippen LogP contribution in [0.2, 0.25) is 5.02 Å². The van der Waals surface area contributed by atoms with E-state index in [2.05, 4.69) is 15.3 Å². The van der Waals surface area contributed by atoms with Crippen molar-refractivity contribution in [3.8, 4) is 0 Å². The molecule has 0 saturated heterocycles. The maximum atomic E-state index is 13.5. The second-order valence-corrected chi connectivity index (χ2v) is 4.07. The van der Waals surface area contributed by atoms with Crippen molar-refractivity contribution >= 4 is 17.4 Å². The molecule has 1 N–H and O–H groups in total. The first-order valence-electron chi connectivity index (χ1n) is 5.14. The Kier molecular flexibility index (Phi) is 3.54. The maximum Gasteiger partial charge on any atom is 0.166 e. The Morgan fingerprint density at radius 3 is 2.88 bits per heavy atom. The molecule has 0 saturated carbocycles. The Labute approximate surface area is 104 Å².